The Morgan fingerprint density at radius 2 is 2.11 bits per heavy atom. The maximum Gasteiger partial charge on any atom is 0.151 e. The summed E-state index contributed by atoms with van der Waals surface area (Å²) in [5, 5.41) is 9.14. The van der Waals surface area contributed by atoms with E-state index in [0.717, 1.165) is 18.2 Å². The molecule has 1 heterocycles. The maximum atomic E-state index is 13.5. The van der Waals surface area contributed by atoms with E-state index in [-0.39, 0.29) is 29.9 Å². The van der Waals surface area contributed by atoms with E-state index in [1.807, 2.05) is 6.07 Å². The van der Waals surface area contributed by atoms with Crippen molar-refractivity contribution in [3.8, 4) is 6.07 Å². The first-order valence-corrected chi connectivity index (χ1v) is 7.24. The van der Waals surface area contributed by atoms with Gasteiger partial charge in [-0.1, -0.05) is 0 Å². The molecular weight excluding hydrogens is 260 g/mol. The highest BCUT2D eigenvalue weighted by Gasteiger charge is 2.43. The predicted octanol–water partition coefficient (Wildman–Crippen LogP) is 1.84. The number of hydrogen-bond donors (Lipinski definition) is 0. The molecule has 1 saturated heterocycles. The molecule has 0 aromatic heterocycles. The molecule has 0 bridgehead atoms. The number of benzene rings is 1. The van der Waals surface area contributed by atoms with Gasteiger partial charge >= 0.3 is 0 Å². The van der Waals surface area contributed by atoms with Gasteiger partial charge < -0.3 is 0 Å². The molecule has 1 aliphatic rings. The lowest BCUT2D eigenvalue weighted by atomic mass is 9.82. The third-order valence-electron chi connectivity index (χ3n) is 3.16. The van der Waals surface area contributed by atoms with Crippen molar-refractivity contribution in [2.75, 3.05) is 11.5 Å². The maximum absolute atomic E-state index is 13.5. The molecular formula is C12H11F2NO2S. The Labute approximate surface area is 104 Å². The van der Waals surface area contributed by atoms with E-state index in [2.05, 4.69) is 0 Å². The SMILES string of the molecule is N#CC1(Cc2cc(F)ccc2F)CCS(=O)(=O)C1. The molecule has 1 aliphatic heterocycles. The normalized spacial score (nSPS) is 25.8. The molecule has 1 fully saturated rings. The molecule has 0 N–H and O–H groups in total. The lowest BCUT2D eigenvalue weighted by Crippen LogP contribution is -2.23. The van der Waals surface area contributed by atoms with E-state index in [1.54, 1.807) is 0 Å². The van der Waals surface area contributed by atoms with Crippen LogP contribution in [0.5, 0.6) is 0 Å². The number of sulfone groups is 1. The Hall–Kier alpha value is -1.48. The molecule has 96 valence electrons. The summed E-state index contributed by atoms with van der Waals surface area (Å²) < 4.78 is 49.4. The zero-order valence-corrected chi connectivity index (χ0v) is 10.3. The molecule has 2 rings (SSSR count). The lowest BCUT2D eigenvalue weighted by Gasteiger charge is -2.18. The van der Waals surface area contributed by atoms with Crippen LogP contribution in [0, 0.1) is 28.4 Å². The first kappa shape index (κ1) is 13.0. The number of hydrogen-bond acceptors (Lipinski definition) is 3. The summed E-state index contributed by atoms with van der Waals surface area (Å²) >= 11 is 0. The van der Waals surface area contributed by atoms with Gasteiger partial charge in [-0.05, 0) is 36.6 Å². The predicted molar refractivity (Wildman–Crippen MR) is 61.4 cm³/mol. The largest absolute Gasteiger partial charge is 0.229 e. The van der Waals surface area contributed by atoms with Crippen molar-refractivity contribution in [3.63, 3.8) is 0 Å². The highest BCUT2D eigenvalue weighted by atomic mass is 32.2. The fraction of sp³-hybridized carbons (Fsp3) is 0.417. The second kappa shape index (κ2) is 4.32. The third-order valence-corrected chi connectivity index (χ3v) is 4.98. The quantitative estimate of drug-likeness (QED) is 0.824. The van der Waals surface area contributed by atoms with Gasteiger partial charge in [-0.2, -0.15) is 5.26 Å². The van der Waals surface area contributed by atoms with E-state index in [1.165, 1.54) is 0 Å². The summed E-state index contributed by atoms with van der Waals surface area (Å²) in [6, 6.07) is 4.95. The summed E-state index contributed by atoms with van der Waals surface area (Å²) in [5.74, 6) is -1.57. The number of halogens is 2. The van der Waals surface area contributed by atoms with E-state index < -0.39 is 26.9 Å². The van der Waals surface area contributed by atoms with E-state index in [9.17, 15) is 17.2 Å². The van der Waals surface area contributed by atoms with E-state index >= 15 is 0 Å². The van der Waals surface area contributed by atoms with Crippen molar-refractivity contribution in [1.82, 2.24) is 0 Å². The second-order valence-electron chi connectivity index (χ2n) is 4.65. The van der Waals surface area contributed by atoms with Gasteiger partial charge in [-0.25, -0.2) is 17.2 Å². The highest BCUT2D eigenvalue weighted by Crippen LogP contribution is 2.35. The Morgan fingerprint density at radius 3 is 2.67 bits per heavy atom. The van der Waals surface area contributed by atoms with Crippen LogP contribution in [-0.4, -0.2) is 19.9 Å². The molecule has 1 aromatic carbocycles. The van der Waals surface area contributed by atoms with Crippen molar-refractivity contribution < 1.29 is 17.2 Å². The zero-order valence-electron chi connectivity index (χ0n) is 9.49. The van der Waals surface area contributed by atoms with Crippen LogP contribution < -0.4 is 0 Å². The molecule has 1 unspecified atom stereocenters. The van der Waals surface area contributed by atoms with Crippen LogP contribution in [0.25, 0.3) is 0 Å². The number of rotatable bonds is 2. The first-order valence-electron chi connectivity index (χ1n) is 5.41. The van der Waals surface area contributed by atoms with Gasteiger partial charge in [0, 0.05) is 0 Å². The molecule has 1 aromatic rings. The van der Waals surface area contributed by atoms with Crippen molar-refractivity contribution in [1.29, 1.82) is 5.26 Å². The van der Waals surface area contributed by atoms with Gasteiger partial charge in [-0.3, -0.25) is 0 Å². The monoisotopic (exact) mass is 271 g/mol. The Morgan fingerprint density at radius 1 is 1.39 bits per heavy atom. The highest BCUT2D eigenvalue weighted by molar-refractivity contribution is 7.91. The van der Waals surface area contributed by atoms with Crippen LogP contribution in [0.3, 0.4) is 0 Å². The van der Waals surface area contributed by atoms with Crippen molar-refractivity contribution in [3.05, 3.63) is 35.4 Å². The van der Waals surface area contributed by atoms with Gasteiger partial charge in [0.25, 0.3) is 0 Å². The molecule has 6 heteroatoms. The van der Waals surface area contributed by atoms with Crippen molar-refractivity contribution >= 4 is 9.84 Å². The fourth-order valence-corrected chi connectivity index (χ4v) is 4.23. The molecule has 1 atom stereocenters. The summed E-state index contributed by atoms with van der Waals surface area (Å²) in [7, 11) is -3.25. The van der Waals surface area contributed by atoms with E-state index in [4.69, 9.17) is 5.26 Å². The van der Waals surface area contributed by atoms with Crippen LogP contribution in [0.15, 0.2) is 18.2 Å². The first-order chi connectivity index (χ1) is 8.36. The van der Waals surface area contributed by atoms with Crippen LogP contribution in [0.2, 0.25) is 0 Å². The third kappa shape index (κ3) is 2.51. The number of nitriles is 1. The second-order valence-corrected chi connectivity index (χ2v) is 6.83. The van der Waals surface area contributed by atoms with Crippen LogP contribution in [0.4, 0.5) is 8.78 Å². The Balaban J connectivity index is 2.33. The minimum atomic E-state index is -3.25. The van der Waals surface area contributed by atoms with Gasteiger partial charge in [0.1, 0.15) is 11.6 Å². The van der Waals surface area contributed by atoms with Crippen LogP contribution >= 0.6 is 0 Å². The van der Waals surface area contributed by atoms with Gasteiger partial charge in [0.15, 0.2) is 9.84 Å². The van der Waals surface area contributed by atoms with Crippen molar-refractivity contribution in [2.24, 2.45) is 5.41 Å². The molecule has 0 aliphatic carbocycles. The molecule has 0 radical (unpaired) electrons. The minimum Gasteiger partial charge on any atom is -0.229 e. The molecule has 0 amide bonds. The summed E-state index contributed by atoms with van der Waals surface area (Å²) in [6.07, 6.45) is 0.0914. The van der Waals surface area contributed by atoms with Crippen LogP contribution in [-0.2, 0) is 16.3 Å². The van der Waals surface area contributed by atoms with Gasteiger partial charge in [-0.15, -0.1) is 0 Å². The van der Waals surface area contributed by atoms with Crippen LogP contribution in [0.1, 0.15) is 12.0 Å². The smallest absolute Gasteiger partial charge is 0.151 e. The zero-order chi connectivity index (χ0) is 13.4. The summed E-state index contributed by atoms with van der Waals surface area (Å²) in [5.41, 5.74) is -1.08. The van der Waals surface area contributed by atoms with Gasteiger partial charge in [0.2, 0.25) is 0 Å². The topological polar surface area (TPSA) is 57.9 Å². The Kier molecular flexibility index (Phi) is 3.11. The van der Waals surface area contributed by atoms with Crippen molar-refractivity contribution in [2.45, 2.75) is 12.8 Å². The Bertz CT molecular complexity index is 621. The standard InChI is InChI=1S/C12H11F2NO2S/c13-10-1-2-11(14)9(5-10)6-12(7-15)3-4-18(16,17)8-12/h1-2,5H,3-4,6,8H2. The summed E-state index contributed by atoms with van der Waals surface area (Å²) in [6.45, 7) is 0. The molecule has 0 saturated carbocycles. The lowest BCUT2D eigenvalue weighted by molar-refractivity contribution is 0.437. The number of nitrogens with zero attached hydrogens (tertiary/aromatic N) is 1. The average molecular weight is 271 g/mol. The van der Waals surface area contributed by atoms with E-state index in [0.29, 0.717) is 0 Å². The molecule has 0 spiro atoms. The van der Waals surface area contributed by atoms with Gasteiger partial charge in [0.05, 0.1) is 23.0 Å². The molecule has 18 heavy (non-hydrogen) atoms. The average Bonchev–Trinajstić information content (AvgIpc) is 2.60. The summed E-state index contributed by atoms with van der Waals surface area (Å²) in [4.78, 5) is 0. The minimum absolute atomic E-state index is 0.0497. The fourth-order valence-electron chi connectivity index (χ4n) is 2.23. The molecule has 3 nitrogen and oxygen atoms in total.